The van der Waals surface area contributed by atoms with E-state index in [4.69, 9.17) is 16.9 Å². The van der Waals surface area contributed by atoms with Crippen molar-refractivity contribution < 1.29 is 0 Å². The smallest absolute Gasteiger partial charge is 0.299 e. The Balaban J connectivity index is 2.56. The van der Waals surface area contributed by atoms with Crippen LogP contribution in [0.2, 0.25) is 5.02 Å². The van der Waals surface area contributed by atoms with Crippen LogP contribution < -0.4 is 11.2 Å². The third kappa shape index (κ3) is 4.04. The molecule has 0 aliphatic heterocycles. The fourth-order valence-corrected chi connectivity index (χ4v) is 1.72. The summed E-state index contributed by atoms with van der Waals surface area (Å²) in [5, 5.41) is 8.87. The Morgan fingerprint density at radius 3 is 2.72 bits per heavy atom. The van der Waals surface area contributed by atoms with Crippen LogP contribution in [-0.2, 0) is 6.54 Å². The molecule has 5 nitrogen and oxygen atoms in total. The quantitative estimate of drug-likeness (QED) is 0.830. The average Bonchev–Trinajstić information content (AvgIpc) is 2.31. The molecule has 98 valence electrons. The van der Waals surface area contributed by atoms with Gasteiger partial charge in [-0.1, -0.05) is 18.0 Å². The molecular formula is C12H16ClN3O2. The first-order valence-electron chi connectivity index (χ1n) is 5.76. The first kappa shape index (κ1) is 14.5. The molecule has 1 aromatic heterocycles. The molecule has 0 fully saturated rings. The van der Waals surface area contributed by atoms with Crippen molar-refractivity contribution in [1.82, 2.24) is 9.55 Å². The highest BCUT2D eigenvalue weighted by Gasteiger charge is 2.15. The van der Waals surface area contributed by atoms with Crippen LogP contribution in [0.4, 0.5) is 0 Å². The second-order valence-corrected chi connectivity index (χ2v) is 5.29. The molecule has 0 aliphatic rings. The minimum absolute atomic E-state index is 0.00644. The molecule has 0 atom stereocenters. The molecule has 0 radical (unpaired) electrons. The standard InChI is InChI=1S/C12H16ClN3O2/c1-12(2,8-14)5-3-4-6-16-7-9(13)10(17)15-11(16)18/h7H,3-6H2,1-2H3,(H,15,17,18). The molecule has 1 rings (SSSR count). The number of nitrogens with one attached hydrogen (secondary N) is 1. The summed E-state index contributed by atoms with van der Waals surface area (Å²) in [6.07, 6.45) is 3.71. The van der Waals surface area contributed by atoms with Gasteiger partial charge in [-0.25, -0.2) is 4.79 Å². The van der Waals surface area contributed by atoms with Gasteiger partial charge in [-0.3, -0.25) is 14.3 Å². The lowest BCUT2D eigenvalue weighted by atomic mass is 9.89. The Hall–Kier alpha value is -1.54. The summed E-state index contributed by atoms with van der Waals surface area (Å²) in [5.74, 6) is 0. The van der Waals surface area contributed by atoms with Crippen LogP contribution in [0.1, 0.15) is 33.1 Å². The number of aryl methyl sites for hydroxylation is 1. The molecule has 0 amide bonds. The molecule has 0 spiro atoms. The Kier molecular flexibility index (Phi) is 4.74. The number of halogens is 1. The van der Waals surface area contributed by atoms with Crippen LogP contribution in [0, 0.1) is 16.7 Å². The SMILES string of the molecule is CC(C)(C#N)CCCCn1cc(Cl)c(=O)[nH]c1=O. The van der Waals surface area contributed by atoms with Crippen molar-refractivity contribution in [3.8, 4) is 6.07 Å². The molecule has 1 aromatic rings. The third-order valence-corrected chi connectivity index (χ3v) is 2.99. The number of hydrogen-bond donors (Lipinski definition) is 1. The predicted octanol–water partition coefficient (Wildman–Crippen LogP) is 1.91. The van der Waals surface area contributed by atoms with Crippen molar-refractivity contribution in [2.45, 2.75) is 39.7 Å². The summed E-state index contributed by atoms with van der Waals surface area (Å²) in [6.45, 7) is 4.25. The Labute approximate surface area is 110 Å². The van der Waals surface area contributed by atoms with Gasteiger partial charge in [-0.15, -0.1) is 0 Å². The second kappa shape index (κ2) is 5.87. The first-order valence-corrected chi connectivity index (χ1v) is 6.14. The van der Waals surface area contributed by atoms with Gasteiger partial charge >= 0.3 is 5.69 Å². The lowest BCUT2D eigenvalue weighted by molar-refractivity contribution is 0.414. The number of unbranched alkanes of at least 4 members (excludes halogenated alkanes) is 1. The van der Waals surface area contributed by atoms with Gasteiger partial charge in [-0.05, 0) is 26.7 Å². The summed E-state index contributed by atoms with van der Waals surface area (Å²) in [6, 6.07) is 2.23. The van der Waals surface area contributed by atoms with Crippen molar-refractivity contribution in [2.75, 3.05) is 0 Å². The molecule has 18 heavy (non-hydrogen) atoms. The fourth-order valence-electron chi connectivity index (χ4n) is 1.55. The van der Waals surface area contributed by atoms with Crippen LogP contribution >= 0.6 is 11.6 Å². The van der Waals surface area contributed by atoms with Gasteiger partial charge in [0.15, 0.2) is 0 Å². The molecule has 1 heterocycles. The van der Waals surface area contributed by atoms with Crippen molar-refractivity contribution in [1.29, 1.82) is 5.26 Å². The molecule has 0 aliphatic carbocycles. The van der Waals surface area contributed by atoms with E-state index in [0.29, 0.717) is 6.54 Å². The van der Waals surface area contributed by atoms with Crippen molar-refractivity contribution in [3.05, 3.63) is 32.1 Å². The predicted molar refractivity (Wildman–Crippen MR) is 69.6 cm³/mol. The Bertz CT molecular complexity index is 566. The second-order valence-electron chi connectivity index (χ2n) is 4.88. The van der Waals surface area contributed by atoms with E-state index >= 15 is 0 Å². The zero-order valence-electron chi connectivity index (χ0n) is 10.5. The Morgan fingerprint density at radius 1 is 1.44 bits per heavy atom. The number of rotatable bonds is 5. The van der Waals surface area contributed by atoms with E-state index in [9.17, 15) is 9.59 Å². The van der Waals surface area contributed by atoms with E-state index in [1.165, 1.54) is 10.8 Å². The lowest BCUT2D eigenvalue weighted by Gasteiger charge is -2.14. The van der Waals surface area contributed by atoms with E-state index in [1.807, 2.05) is 13.8 Å². The molecule has 1 N–H and O–H groups in total. The lowest BCUT2D eigenvalue weighted by Crippen LogP contribution is -2.29. The molecule has 0 saturated carbocycles. The number of aromatic amines is 1. The molecule has 0 bridgehead atoms. The maximum atomic E-state index is 11.4. The largest absolute Gasteiger partial charge is 0.328 e. The minimum atomic E-state index is -0.566. The number of aromatic nitrogens is 2. The third-order valence-electron chi connectivity index (χ3n) is 2.72. The van der Waals surface area contributed by atoms with Crippen LogP contribution in [0.3, 0.4) is 0 Å². The molecule has 6 heteroatoms. The molecule has 0 aromatic carbocycles. The zero-order chi connectivity index (χ0) is 13.8. The summed E-state index contributed by atoms with van der Waals surface area (Å²) in [7, 11) is 0. The van der Waals surface area contributed by atoms with Gasteiger partial charge in [-0.2, -0.15) is 5.26 Å². The van der Waals surface area contributed by atoms with Gasteiger partial charge < -0.3 is 0 Å². The average molecular weight is 270 g/mol. The van der Waals surface area contributed by atoms with Crippen molar-refractivity contribution in [3.63, 3.8) is 0 Å². The number of nitriles is 1. The van der Waals surface area contributed by atoms with Gasteiger partial charge in [0.25, 0.3) is 5.56 Å². The molecular weight excluding hydrogens is 254 g/mol. The van der Waals surface area contributed by atoms with Crippen molar-refractivity contribution in [2.24, 2.45) is 5.41 Å². The summed E-state index contributed by atoms with van der Waals surface area (Å²) in [4.78, 5) is 24.6. The molecule has 0 saturated heterocycles. The first-order chi connectivity index (χ1) is 8.35. The maximum Gasteiger partial charge on any atom is 0.328 e. The van der Waals surface area contributed by atoms with E-state index in [-0.39, 0.29) is 10.4 Å². The van der Waals surface area contributed by atoms with E-state index in [2.05, 4.69) is 11.1 Å². The van der Waals surface area contributed by atoms with E-state index < -0.39 is 11.2 Å². The Morgan fingerprint density at radius 2 is 2.11 bits per heavy atom. The van der Waals surface area contributed by atoms with E-state index in [0.717, 1.165) is 19.3 Å². The fraction of sp³-hybridized carbons (Fsp3) is 0.583. The van der Waals surface area contributed by atoms with Crippen LogP contribution in [0.15, 0.2) is 15.8 Å². The van der Waals surface area contributed by atoms with Gasteiger partial charge in [0.1, 0.15) is 5.02 Å². The molecule has 0 unspecified atom stereocenters. The van der Waals surface area contributed by atoms with Crippen molar-refractivity contribution >= 4 is 11.6 Å². The number of nitrogens with zero attached hydrogens (tertiary/aromatic N) is 2. The summed E-state index contributed by atoms with van der Waals surface area (Å²) >= 11 is 5.65. The van der Waals surface area contributed by atoms with Crippen LogP contribution in [0.5, 0.6) is 0 Å². The highest BCUT2D eigenvalue weighted by atomic mass is 35.5. The van der Waals surface area contributed by atoms with Gasteiger partial charge in [0.05, 0.1) is 11.5 Å². The van der Waals surface area contributed by atoms with Crippen LogP contribution in [-0.4, -0.2) is 9.55 Å². The highest BCUT2D eigenvalue weighted by Crippen LogP contribution is 2.21. The normalized spacial score (nSPS) is 11.2. The van der Waals surface area contributed by atoms with E-state index in [1.54, 1.807) is 0 Å². The maximum absolute atomic E-state index is 11.4. The number of H-pyrrole nitrogens is 1. The number of hydrogen-bond acceptors (Lipinski definition) is 3. The summed E-state index contributed by atoms with van der Waals surface area (Å²) < 4.78 is 1.38. The minimum Gasteiger partial charge on any atom is -0.299 e. The topological polar surface area (TPSA) is 78.7 Å². The summed E-state index contributed by atoms with van der Waals surface area (Å²) in [5.41, 5.74) is -1.36. The monoisotopic (exact) mass is 269 g/mol. The zero-order valence-corrected chi connectivity index (χ0v) is 11.3. The van der Waals surface area contributed by atoms with Crippen LogP contribution in [0.25, 0.3) is 0 Å². The van der Waals surface area contributed by atoms with Gasteiger partial charge in [0.2, 0.25) is 0 Å². The highest BCUT2D eigenvalue weighted by molar-refractivity contribution is 6.30. The van der Waals surface area contributed by atoms with Gasteiger partial charge in [0, 0.05) is 12.7 Å².